The zero-order valence-electron chi connectivity index (χ0n) is 10.9. The van der Waals surface area contributed by atoms with E-state index in [1.54, 1.807) is 7.11 Å². The van der Waals surface area contributed by atoms with Gasteiger partial charge in [-0.05, 0) is 55.3 Å². The van der Waals surface area contributed by atoms with Crippen molar-refractivity contribution < 1.29 is 9.47 Å². The topological polar surface area (TPSA) is 30.5 Å². The van der Waals surface area contributed by atoms with Gasteiger partial charge in [-0.15, -0.1) is 0 Å². The third kappa shape index (κ3) is 2.61. The molecule has 0 amide bonds. The molecule has 1 aliphatic heterocycles. The highest BCUT2D eigenvalue weighted by molar-refractivity contribution is 5.44. The summed E-state index contributed by atoms with van der Waals surface area (Å²) in [6.45, 7) is 3.03. The van der Waals surface area contributed by atoms with E-state index >= 15 is 0 Å². The van der Waals surface area contributed by atoms with Crippen molar-refractivity contribution in [2.24, 2.45) is 5.92 Å². The molecule has 0 spiro atoms. The Bertz CT molecular complexity index is 409. The zero-order chi connectivity index (χ0) is 12.4. The van der Waals surface area contributed by atoms with Gasteiger partial charge in [-0.25, -0.2) is 0 Å². The standard InChI is InChI=1S/C15H21NO2/c1-17-14-5-4-12(13-6-7-16-9-13)8-15(14)18-10-11-2-3-11/h4-5,8,11,13,16H,2-3,6-7,9-10H2,1H3. The summed E-state index contributed by atoms with van der Waals surface area (Å²) in [6, 6.07) is 6.37. The minimum absolute atomic E-state index is 0.624. The van der Waals surface area contributed by atoms with Crippen LogP contribution in [-0.2, 0) is 0 Å². The molecule has 1 heterocycles. The lowest BCUT2D eigenvalue weighted by atomic mass is 9.98. The monoisotopic (exact) mass is 247 g/mol. The second-order valence-electron chi connectivity index (χ2n) is 5.35. The molecule has 1 atom stereocenters. The van der Waals surface area contributed by atoms with Crippen LogP contribution in [0.4, 0.5) is 0 Å². The van der Waals surface area contributed by atoms with Crippen LogP contribution in [-0.4, -0.2) is 26.8 Å². The van der Waals surface area contributed by atoms with Crippen LogP contribution in [0.5, 0.6) is 11.5 Å². The minimum Gasteiger partial charge on any atom is -0.493 e. The van der Waals surface area contributed by atoms with Crippen LogP contribution in [0.3, 0.4) is 0 Å². The zero-order valence-corrected chi connectivity index (χ0v) is 10.9. The van der Waals surface area contributed by atoms with Gasteiger partial charge in [0.1, 0.15) is 0 Å². The van der Waals surface area contributed by atoms with Crippen LogP contribution in [0.25, 0.3) is 0 Å². The fraction of sp³-hybridized carbons (Fsp3) is 0.600. The summed E-state index contributed by atoms with van der Waals surface area (Å²) in [7, 11) is 1.70. The van der Waals surface area contributed by atoms with Gasteiger partial charge in [-0.3, -0.25) is 0 Å². The molecule has 1 unspecified atom stereocenters. The van der Waals surface area contributed by atoms with Gasteiger partial charge in [-0.1, -0.05) is 6.07 Å². The van der Waals surface area contributed by atoms with Crippen LogP contribution < -0.4 is 14.8 Å². The highest BCUT2D eigenvalue weighted by atomic mass is 16.5. The average Bonchev–Trinajstić information content (AvgIpc) is 3.08. The highest BCUT2D eigenvalue weighted by Crippen LogP contribution is 2.35. The van der Waals surface area contributed by atoms with Crippen LogP contribution in [0.15, 0.2) is 18.2 Å². The molecular weight excluding hydrogens is 226 g/mol. The lowest BCUT2D eigenvalue weighted by molar-refractivity contribution is 0.280. The van der Waals surface area contributed by atoms with E-state index in [9.17, 15) is 0 Å². The maximum absolute atomic E-state index is 5.91. The van der Waals surface area contributed by atoms with Gasteiger partial charge in [0.2, 0.25) is 0 Å². The largest absolute Gasteiger partial charge is 0.493 e. The first kappa shape index (κ1) is 11.8. The van der Waals surface area contributed by atoms with E-state index in [0.717, 1.165) is 37.1 Å². The van der Waals surface area contributed by atoms with E-state index in [1.807, 2.05) is 6.07 Å². The number of hydrogen-bond acceptors (Lipinski definition) is 3. The van der Waals surface area contributed by atoms with E-state index in [-0.39, 0.29) is 0 Å². The highest BCUT2D eigenvalue weighted by Gasteiger charge is 2.23. The molecular formula is C15H21NO2. The van der Waals surface area contributed by atoms with Crippen molar-refractivity contribution >= 4 is 0 Å². The molecule has 3 rings (SSSR count). The molecule has 1 aromatic rings. The molecule has 98 valence electrons. The molecule has 1 saturated carbocycles. The fourth-order valence-corrected chi connectivity index (χ4v) is 2.49. The second-order valence-corrected chi connectivity index (χ2v) is 5.35. The Kier molecular flexibility index (Phi) is 3.41. The van der Waals surface area contributed by atoms with Crippen molar-refractivity contribution in [1.82, 2.24) is 5.32 Å². The maximum atomic E-state index is 5.91. The normalized spacial score (nSPS) is 23.1. The molecule has 2 aliphatic rings. The first-order valence-corrected chi connectivity index (χ1v) is 6.88. The Balaban J connectivity index is 1.76. The van der Waals surface area contributed by atoms with Crippen molar-refractivity contribution in [2.45, 2.75) is 25.2 Å². The lowest BCUT2D eigenvalue weighted by Gasteiger charge is -2.14. The molecule has 1 aliphatic carbocycles. The first-order valence-electron chi connectivity index (χ1n) is 6.88. The van der Waals surface area contributed by atoms with Gasteiger partial charge in [0.25, 0.3) is 0 Å². The van der Waals surface area contributed by atoms with Crippen LogP contribution in [0, 0.1) is 5.92 Å². The molecule has 18 heavy (non-hydrogen) atoms. The van der Waals surface area contributed by atoms with Gasteiger partial charge in [0.15, 0.2) is 11.5 Å². The third-order valence-corrected chi connectivity index (χ3v) is 3.89. The van der Waals surface area contributed by atoms with Crippen molar-refractivity contribution in [3.8, 4) is 11.5 Å². The van der Waals surface area contributed by atoms with E-state index in [2.05, 4.69) is 17.4 Å². The molecule has 2 fully saturated rings. The van der Waals surface area contributed by atoms with Gasteiger partial charge >= 0.3 is 0 Å². The Labute approximate surface area is 108 Å². The number of methoxy groups -OCH3 is 1. The first-order chi connectivity index (χ1) is 8.86. The molecule has 0 radical (unpaired) electrons. The van der Waals surface area contributed by atoms with Crippen molar-refractivity contribution in [3.63, 3.8) is 0 Å². The maximum Gasteiger partial charge on any atom is 0.161 e. The molecule has 1 saturated heterocycles. The van der Waals surface area contributed by atoms with Crippen LogP contribution in [0.1, 0.15) is 30.7 Å². The van der Waals surface area contributed by atoms with Gasteiger partial charge < -0.3 is 14.8 Å². The van der Waals surface area contributed by atoms with E-state index < -0.39 is 0 Å². The number of nitrogens with one attached hydrogen (secondary N) is 1. The molecule has 3 nitrogen and oxygen atoms in total. The Morgan fingerprint density at radius 1 is 1.22 bits per heavy atom. The van der Waals surface area contributed by atoms with E-state index in [1.165, 1.54) is 24.8 Å². The van der Waals surface area contributed by atoms with Crippen LogP contribution >= 0.6 is 0 Å². The SMILES string of the molecule is COc1ccc(C2CCNC2)cc1OCC1CC1. The van der Waals surface area contributed by atoms with Crippen molar-refractivity contribution in [2.75, 3.05) is 26.8 Å². The van der Waals surface area contributed by atoms with Gasteiger partial charge in [-0.2, -0.15) is 0 Å². The Morgan fingerprint density at radius 2 is 2.11 bits per heavy atom. The number of ether oxygens (including phenoxy) is 2. The summed E-state index contributed by atoms with van der Waals surface area (Å²) in [6.07, 6.45) is 3.84. The molecule has 0 bridgehead atoms. The quantitative estimate of drug-likeness (QED) is 0.867. The molecule has 0 aromatic heterocycles. The van der Waals surface area contributed by atoms with E-state index in [4.69, 9.17) is 9.47 Å². The summed E-state index contributed by atoms with van der Waals surface area (Å²) < 4.78 is 11.3. The van der Waals surface area contributed by atoms with Gasteiger partial charge in [0.05, 0.1) is 13.7 Å². The predicted molar refractivity (Wildman–Crippen MR) is 71.4 cm³/mol. The van der Waals surface area contributed by atoms with Gasteiger partial charge in [0, 0.05) is 6.54 Å². The summed E-state index contributed by atoms with van der Waals surface area (Å²) in [5.41, 5.74) is 1.37. The lowest BCUT2D eigenvalue weighted by Crippen LogP contribution is -2.08. The summed E-state index contributed by atoms with van der Waals surface area (Å²) in [5, 5.41) is 3.41. The molecule has 1 N–H and O–H groups in total. The number of rotatable bonds is 5. The second kappa shape index (κ2) is 5.19. The summed E-state index contributed by atoms with van der Waals surface area (Å²) in [5.74, 6) is 3.16. The summed E-state index contributed by atoms with van der Waals surface area (Å²) in [4.78, 5) is 0. The number of hydrogen-bond donors (Lipinski definition) is 1. The smallest absolute Gasteiger partial charge is 0.161 e. The van der Waals surface area contributed by atoms with E-state index in [0.29, 0.717) is 5.92 Å². The molecule has 3 heteroatoms. The van der Waals surface area contributed by atoms with Crippen LogP contribution in [0.2, 0.25) is 0 Å². The third-order valence-electron chi connectivity index (χ3n) is 3.89. The minimum atomic E-state index is 0.624. The average molecular weight is 247 g/mol. The predicted octanol–water partition coefficient (Wildman–Crippen LogP) is 2.56. The number of benzene rings is 1. The molecule has 1 aromatic carbocycles. The van der Waals surface area contributed by atoms with Crippen molar-refractivity contribution in [3.05, 3.63) is 23.8 Å². The van der Waals surface area contributed by atoms with Crippen molar-refractivity contribution in [1.29, 1.82) is 0 Å². The Hall–Kier alpha value is -1.22. The Morgan fingerprint density at radius 3 is 2.78 bits per heavy atom. The summed E-state index contributed by atoms with van der Waals surface area (Å²) >= 11 is 0. The fourth-order valence-electron chi connectivity index (χ4n) is 2.49.